The van der Waals surface area contributed by atoms with E-state index in [-0.39, 0.29) is 34.0 Å². The third kappa shape index (κ3) is 4.19. The lowest BCUT2D eigenvalue weighted by molar-refractivity contribution is -0.138. The van der Waals surface area contributed by atoms with Gasteiger partial charge in [0.2, 0.25) is 0 Å². The fourth-order valence-electron chi connectivity index (χ4n) is 3.93. The third-order valence-electron chi connectivity index (χ3n) is 6.26. The van der Waals surface area contributed by atoms with Crippen LogP contribution < -0.4 is 5.36 Å². The van der Waals surface area contributed by atoms with Gasteiger partial charge in [-0.2, -0.15) is 23.0 Å². The Morgan fingerprint density at radius 1 is 1.44 bits per heavy atom. The molecule has 2 aliphatic carbocycles. The van der Waals surface area contributed by atoms with Crippen molar-refractivity contribution in [3.8, 4) is 0 Å². The van der Waals surface area contributed by atoms with Gasteiger partial charge in [-0.05, 0) is 36.7 Å². The highest BCUT2D eigenvalue weighted by molar-refractivity contribution is 7.91. The Hall–Kier alpha value is -2.63. The average molecular weight is 472 g/mol. The summed E-state index contributed by atoms with van der Waals surface area (Å²) in [5.41, 5.74) is -2.01. The Labute approximate surface area is 182 Å². The molecule has 4 rings (SSSR count). The first-order valence-electron chi connectivity index (χ1n) is 10.1. The molecule has 0 bridgehead atoms. The van der Waals surface area contributed by atoms with Gasteiger partial charge in [0.25, 0.3) is 5.91 Å². The smallest absolute Gasteiger partial charge is 0.420 e. The van der Waals surface area contributed by atoms with Crippen LogP contribution in [0.2, 0.25) is 0 Å². The Morgan fingerprint density at radius 3 is 2.56 bits per heavy atom. The Morgan fingerprint density at radius 2 is 2.06 bits per heavy atom. The molecule has 3 unspecified atom stereocenters. The molecular formula is C20H24F3N5O3S. The quantitative estimate of drug-likeness (QED) is 0.648. The lowest BCUT2D eigenvalue weighted by Crippen LogP contribution is -2.21. The summed E-state index contributed by atoms with van der Waals surface area (Å²) in [5, 5.41) is 13.6. The van der Waals surface area contributed by atoms with Crippen LogP contribution in [-0.4, -0.2) is 36.1 Å². The van der Waals surface area contributed by atoms with Crippen LogP contribution in [0, 0.1) is 16.1 Å². The molecule has 2 aromatic rings. The third-order valence-corrected chi connectivity index (χ3v) is 7.36. The highest BCUT2D eigenvalue weighted by Crippen LogP contribution is 2.54. The lowest BCUT2D eigenvalue weighted by Gasteiger charge is -2.13. The minimum absolute atomic E-state index is 0.113. The number of amides is 1. The van der Waals surface area contributed by atoms with Gasteiger partial charge in [0.1, 0.15) is 11.3 Å². The Bertz CT molecular complexity index is 1270. The predicted octanol–water partition coefficient (Wildman–Crippen LogP) is 3.64. The molecular weight excluding hydrogens is 447 g/mol. The van der Waals surface area contributed by atoms with Crippen molar-refractivity contribution in [3.63, 3.8) is 0 Å². The highest BCUT2D eigenvalue weighted by Gasteiger charge is 2.50. The largest absolute Gasteiger partial charge is 0.428 e. The second-order valence-corrected chi connectivity index (χ2v) is 11.2. The highest BCUT2D eigenvalue weighted by atomic mass is 32.2. The topological polar surface area (TPSA) is 113 Å². The molecule has 174 valence electrons. The van der Waals surface area contributed by atoms with Crippen molar-refractivity contribution < 1.29 is 27.4 Å². The fourth-order valence-corrected chi connectivity index (χ4v) is 4.69. The Kier molecular flexibility index (Phi) is 5.07. The van der Waals surface area contributed by atoms with Gasteiger partial charge in [-0.25, -0.2) is 14.0 Å². The lowest BCUT2D eigenvalue weighted by atomic mass is 10.1. The second kappa shape index (κ2) is 7.19. The van der Waals surface area contributed by atoms with Gasteiger partial charge >= 0.3 is 6.18 Å². The van der Waals surface area contributed by atoms with E-state index in [1.165, 1.54) is 6.07 Å². The molecule has 2 N–H and O–H groups in total. The van der Waals surface area contributed by atoms with Crippen LogP contribution >= 0.6 is 0 Å². The van der Waals surface area contributed by atoms with Gasteiger partial charge in [0.15, 0.2) is 5.03 Å². The van der Waals surface area contributed by atoms with Crippen LogP contribution in [0.25, 0.3) is 0 Å². The first-order valence-corrected chi connectivity index (χ1v) is 12.1. The molecule has 32 heavy (non-hydrogen) atoms. The van der Waals surface area contributed by atoms with Gasteiger partial charge in [-0.1, -0.05) is 13.8 Å². The number of hydrogen-bond donors (Lipinski definition) is 2. The van der Waals surface area contributed by atoms with E-state index in [4.69, 9.17) is 4.78 Å². The summed E-state index contributed by atoms with van der Waals surface area (Å²) in [4.78, 5) is 16.9. The zero-order chi connectivity index (χ0) is 23.6. The maximum atomic E-state index is 14.1. The number of carbonyl (C=O) groups excluding carboxylic acids is 1. The van der Waals surface area contributed by atoms with Crippen molar-refractivity contribution in [1.82, 2.24) is 14.5 Å². The molecule has 3 atom stereocenters. The summed E-state index contributed by atoms with van der Waals surface area (Å²) in [5.74, 6) is -1.15. The first-order chi connectivity index (χ1) is 14.7. The number of hydrogen-bond acceptors (Lipinski definition) is 5. The van der Waals surface area contributed by atoms with E-state index in [9.17, 15) is 27.4 Å². The number of aromatic nitrogens is 3. The number of nitrogens with zero attached hydrogens (tertiary/aromatic N) is 4. The minimum Gasteiger partial charge on any atom is -0.428 e. The zero-order valence-corrected chi connectivity index (χ0v) is 18.6. The first kappa shape index (κ1) is 22.6. The molecule has 2 aliphatic rings. The average Bonchev–Trinajstić information content (AvgIpc) is 3.54. The van der Waals surface area contributed by atoms with Crippen molar-refractivity contribution in [2.75, 3.05) is 6.26 Å². The summed E-state index contributed by atoms with van der Waals surface area (Å²) in [7, 11) is -3.37. The van der Waals surface area contributed by atoms with Crippen LogP contribution in [-0.2, 0) is 22.5 Å². The number of pyridine rings is 1. The second-order valence-electron chi connectivity index (χ2n) is 9.13. The summed E-state index contributed by atoms with van der Waals surface area (Å²) in [6.07, 6.45) is -0.677. The van der Waals surface area contributed by atoms with Gasteiger partial charge < -0.3 is 5.21 Å². The zero-order valence-electron chi connectivity index (χ0n) is 17.8. The van der Waals surface area contributed by atoms with Crippen molar-refractivity contribution in [2.24, 2.45) is 16.3 Å². The van der Waals surface area contributed by atoms with Crippen LogP contribution in [0.5, 0.6) is 0 Å². The summed E-state index contributed by atoms with van der Waals surface area (Å²) >= 11 is 0. The van der Waals surface area contributed by atoms with E-state index in [0.29, 0.717) is 23.5 Å². The number of rotatable bonds is 5. The molecule has 0 aromatic carbocycles. The monoisotopic (exact) mass is 471 g/mol. The molecule has 12 heteroatoms. The van der Waals surface area contributed by atoms with E-state index < -0.39 is 33.1 Å². The molecule has 0 aliphatic heterocycles. The van der Waals surface area contributed by atoms with Crippen LogP contribution in [0.1, 0.15) is 60.8 Å². The fraction of sp³-hybridized carbons (Fsp3) is 0.550. The normalized spacial score (nSPS) is 25.6. The molecule has 2 heterocycles. The van der Waals surface area contributed by atoms with Gasteiger partial charge in [0.05, 0.1) is 20.8 Å². The maximum absolute atomic E-state index is 14.1. The standard InChI is InChI=1S/C20H24F3N5O3S/c1-11-9-19(11,2)10-27-17(15(20(21,22)23)16(26-27)12-4-5-12)18(29)25-13-6-7-28(30)14(8-13)32(3,24)31/h6-8,11-12,24,30H,4-5,9-10H2,1-3H3. The Balaban J connectivity index is 1.86. The molecule has 8 nitrogen and oxygen atoms in total. The van der Waals surface area contributed by atoms with Crippen molar-refractivity contribution in [1.29, 1.82) is 4.78 Å². The van der Waals surface area contributed by atoms with Crippen LogP contribution in [0.4, 0.5) is 13.2 Å². The van der Waals surface area contributed by atoms with E-state index >= 15 is 0 Å². The van der Waals surface area contributed by atoms with E-state index in [1.807, 2.05) is 13.8 Å². The van der Waals surface area contributed by atoms with Crippen LogP contribution in [0.15, 0.2) is 28.3 Å². The van der Waals surface area contributed by atoms with Crippen molar-refractivity contribution in [3.05, 3.63) is 40.6 Å². The SMILES string of the molecule is CC1CC1(C)Cn1nc(C2CC2)c(C(F)(F)F)c1C(=O)N=c1ccn(O)c(S(C)(=N)=O)c1. The predicted molar refractivity (Wildman–Crippen MR) is 108 cm³/mol. The van der Waals surface area contributed by atoms with Gasteiger partial charge in [0, 0.05) is 31.0 Å². The summed E-state index contributed by atoms with van der Waals surface area (Å²) in [6, 6.07) is 2.24. The molecule has 0 radical (unpaired) electrons. The molecule has 2 aromatic heterocycles. The van der Waals surface area contributed by atoms with E-state index in [1.54, 1.807) is 0 Å². The van der Waals surface area contributed by atoms with E-state index in [0.717, 1.165) is 29.6 Å². The number of halogens is 3. The molecule has 1 amide bonds. The van der Waals surface area contributed by atoms with Crippen molar-refractivity contribution >= 4 is 15.6 Å². The molecule has 0 spiro atoms. The number of nitrogens with one attached hydrogen (secondary N) is 1. The minimum atomic E-state index is -4.78. The van der Waals surface area contributed by atoms with Gasteiger partial charge in [-0.3, -0.25) is 9.48 Å². The molecule has 0 saturated heterocycles. The molecule has 2 saturated carbocycles. The summed E-state index contributed by atoms with van der Waals surface area (Å²) < 4.78 is 63.5. The van der Waals surface area contributed by atoms with Crippen molar-refractivity contribution in [2.45, 2.75) is 56.8 Å². The molecule has 2 fully saturated rings. The number of alkyl halides is 3. The van der Waals surface area contributed by atoms with Gasteiger partial charge in [-0.15, -0.1) is 0 Å². The summed E-state index contributed by atoms with van der Waals surface area (Å²) in [6.45, 7) is 4.12. The van der Waals surface area contributed by atoms with E-state index in [2.05, 4.69) is 10.1 Å². The maximum Gasteiger partial charge on any atom is 0.420 e. The van der Waals surface area contributed by atoms with Crippen LogP contribution in [0.3, 0.4) is 0 Å². The number of carbonyl (C=O) groups is 1.